The van der Waals surface area contributed by atoms with E-state index in [9.17, 15) is 0 Å². The van der Waals surface area contributed by atoms with E-state index in [4.69, 9.17) is 11.7 Å². The highest BCUT2D eigenvalue weighted by Gasteiger charge is 2.04. The van der Waals surface area contributed by atoms with Crippen molar-refractivity contribution in [2.24, 2.45) is 0 Å². The SMILES string of the molecule is C#CCSCCNc1ccc(C#N)c2ccccc12. The Kier molecular flexibility index (Phi) is 4.72. The summed E-state index contributed by atoms with van der Waals surface area (Å²) in [7, 11) is 0. The van der Waals surface area contributed by atoms with Crippen LogP contribution in [0.1, 0.15) is 5.56 Å². The Balaban J connectivity index is 2.16. The lowest BCUT2D eigenvalue weighted by molar-refractivity contribution is 1.24. The highest BCUT2D eigenvalue weighted by molar-refractivity contribution is 7.99. The van der Waals surface area contributed by atoms with Crippen molar-refractivity contribution in [3.63, 3.8) is 0 Å². The number of anilines is 1. The molecule has 0 bridgehead atoms. The minimum atomic E-state index is 0.711. The molecule has 2 nitrogen and oxygen atoms in total. The lowest BCUT2D eigenvalue weighted by Crippen LogP contribution is -2.05. The Bertz CT molecular complexity index is 650. The summed E-state index contributed by atoms with van der Waals surface area (Å²) in [6.07, 6.45) is 5.21. The average Bonchev–Trinajstić information content (AvgIpc) is 2.47. The van der Waals surface area contributed by atoms with E-state index < -0.39 is 0 Å². The van der Waals surface area contributed by atoms with Crippen molar-refractivity contribution in [2.45, 2.75) is 0 Å². The molecule has 2 aromatic carbocycles. The summed E-state index contributed by atoms with van der Waals surface area (Å²) in [5.74, 6) is 4.33. The number of benzene rings is 2. The largest absolute Gasteiger partial charge is 0.384 e. The molecule has 0 aliphatic carbocycles. The maximum atomic E-state index is 9.11. The minimum Gasteiger partial charge on any atom is -0.384 e. The summed E-state index contributed by atoms with van der Waals surface area (Å²) < 4.78 is 0. The monoisotopic (exact) mass is 266 g/mol. The van der Waals surface area contributed by atoms with Crippen molar-refractivity contribution in [2.75, 3.05) is 23.4 Å². The van der Waals surface area contributed by atoms with Crippen LogP contribution in [0.2, 0.25) is 0 Å². The molecular formula is C16H14N2S. The molecule has 0 aliphatic heterocycles. The molecule has 0 fully saturated rings. The molecular weight excluding hydrogens is 252 g/mol. The van der Waals surface area contributed by atoms with Crippen LogP contribution in [-0.4, -0.2) is 18.1 Å². The number of hydrogen-bond acceptors (Lipinski definition) is 3. The molecule has 0 saturated heterocycles. The zero-order chi connectivity index (χ0) is 13.5. The molecule has 0 saturated carbocycles. The molecule has 0 atom stereocenters. The van der Waals surface area contributed by atoms with Crippen molar-refractivity contribution < 1.29 is 0 Å². The van der Waals surface area contributed by atoms with Gasteiger partial charge in [0.25, 0.3) is 0 Å². The summed E-state index contributed by atoms with van der Waals surface area (Å²) in [6.45, 7) is 0.863. The summed E-state index contributed by atoms with van der Waals surface area (Å²) in [5.41, 5.74) is 1.78. The van der Waals surface area contributed by atoms with Crippen molar-refractivity contribution in [1.82, 2.24) is 0 Å². The molecule has 0 spiro atoms. The van der Waals surface area contributed by atoms with Gasteiger partial charge in [-0.25, -0.2) is 0 Å². The second kappa shape index (κ2) is 6.73. The average molecular weight is 266 g/mol. The van der Waals surface area contributed by atoms with Crippen LogP contribution in [-0.2, 0) is 0 Å². The number of nitrogens with zero attached hydrogens (tertiary/aromatic N) is 1. The third-order valence-electron chi connectivity index (χ3n) is 2.79. The topological polar surface area (TPSA) is 35.8 Å². The van der Waals surface area contributed by atoms with Crippen LogP contribution in [0.15, 0.2) is 36.4 Å². The summed E-state index contributed by atoms with van der Waals surface area (Å²) in [6, 6.07) is 14.0. The van der Waals surface area contributed by atoms with Crippen LogP contribution in [0.4, 0.5) is 5.69 Å². The fourth-order valence-corrected chi connectivity index (χ4v) is 2.45. The third kappa shape index (κ3) is 3.22. The first-order chi connectivity index (χ1) is 9.36. The van der Waals surface area contributed by atoms with Gasteiger partial charge in [0.1, 0.15) is 0 Å². The number of terminal acetylenes is 1. The third-order valence-corrected chi connectivity index (χ3v) is 3.66. The second-order valence-corrected chi connectivity index (χ2v) is 5.11. The van der Waals surface area contributed by atoms with Gasteiger partial charge >= 0.3 is 0 Å². The zero-order valence-corrected chi connectivity index (χ0v) is 11.3. The molecule has 0 heterocycles. The summed E-state index contributed by atoms with van der Waals surface area (Å²) >= 11 is 1.73. The fraction of sp³-hybridized carbons (Fsp3) is 0.188. The Labute approximate surface area is 117 Å². The van der Waals surface area contributed by atoms with E-state index in [0.29, 0.717) is 5.56 Å². The molecule has 0 amide bonds. The first-order valence-corrected chi connectivity index (χ1v) is 7.19. The highest BCUT2D eigenvalue weighted by Crippen LogP contribution is 2.26. The Morgan fingerprint density at radius 3 is 2.68 bits per heavy atom. The lowest BCUT2D eigenvalue weighted by Gasteiger charge is -2.10. The Hall–Kier alpha value is -2.10. The lowest BCUT2D eigenvalue weighted by atomic mass is 10.0. The van der Waals surface area contributed by atoms with Crippen LogP contribution in [0, 0.1) is 23.7 Å². The zero-order valence-electron chi connectivity index (χ0n) is 10.5. The van der Waals surface area contributed by atoms with Gasteiger partial charge in [-0.05, 0) is 12.1 Å². The molecule has 0 aromatic heterocycles. The van der Waals surface area contributed by atoms with Crippen LogP contribution in [0.3, 0.4) is 0 Å². The van der Waals surface area contributed by atoms with E-state index in [0.717, 1.165) is 34.5 Å². The number of fused-ring (bicyclic) bond motifs is 1. The van der Waals surface area contributed by atoms with Crippen LogP contribution in [0.25, 0.3) is 10.8 Å². The normalized spacial score (nSPS) is 9.79. The quantitative estimate of drug-likeness (QED) is 0.664. The van der Waals surface area contributed by atoms with Gasteiger partial charge < -0.3 is 5.32 Å². The maximum absolute atomic E-state index is 9.11. The van der Waals surface area contributed by atoms with Gasteiger partial charge in [0.05, 0.1) is 17.4 Å². The molecule has 0 radical (unpaired) electrons. The number of thioether (sulfide) groups is 1. The highest BCUT2D eigenvalue weighted by atomic mass is 32.2. The van der Waals surface area contributed by atoms with Crippen molar-refractivity contribution in [3.8, 4) is 18.4 Å². The van der Waals surface area contributed by atoms with E-state index in [-0.39, 0.29) is 0 Å². The summed E-state index contributed by atoms with van der Waals surface area (Å²) in [5, 5.41) is 14.6. The molecule has 94 valence electrons. The van der Waals surface area contributed by atoms with Crippen LogP contribution in [0.5, 0.6) is 0 Å². The van der Waals surface area contributed by atoms with Crippen molar-refractivity contribution in [1.29, 1.82) is 5.26 Å². The van der Waals surface area contributed by atoms with Gasteiger partial charge in [0.15, 0.2) is 0 Å². The molecule has 0 aliphatic rings. The van der Waals surface area contributed by atoms with E-state index >= 15 is 0 Å². The number of rotatable bonds is 5. The first-order valence-electron chi connectivity index (χ1n) is 6.03. The van der Waals surface area contributed by atoms with Gasteiger partial charge in [0, 0.05) is 28.8 Å². The van der Waals surface area contributed by atoms with E-state index in [2.05, 4.69) is 17.3 Å². The molecule has 2 aromatic rings. The molecule has 0 unspecified atom stereocenters. The van der Waals surface area contributed by atoms with Crippen LogP contribution >= 0.6 is 11.8 Å². The second-order valence-electron chi connectivity index (χ2n) is 4.00. The fourth-order valence-electron chi connectivity index (χ4n) is 1.94. The minimum absolute atomic E-state index is 0.711. The predicted molar refractivity (Wildman–Crippen MR) is 83.3 cm³/mol. The molecule has 3 heteroatoms. The van der Waals surface area contributed by atoms with Gasteiger partial charge in [-0.1, -0.05) is 30.2 Å². The predicted octanol–water partition coefficient (Wildman–Crippen LogP) is 3.49. The van der Waals surface area contributed by atoms with Gasteiger partial charge in [0.2, 0.25) is 0 Å². The van der Waals surface area contributed by atoms with Gasteiger partial charge in [-0.2, -0.15) is 5.26 Å². The van der Waals surface area contributed by atoms with Crippen LogP contribution < -0.4 is 5.32 Å². The number of hydrogen-bond donors (Lipinski definition) is 1. The number of nitriles is 1. The Morgan fingerprint density at radius 2 is 1.95 bits per heavy atom. The first kappa shape index (κ1) is 13.3. The van der Waals surface area contributed by atoms with Crippen molar-refractivity contribution in [3.05, 3.63) is 42.0 Å². The maximum Gasteiger partial charge on any atom is 0.0998 e. The van der Waals surface area contributed by atoms with Gasteiger partial charge in [-0.15, -0.1) is 18.2 Å². The standard InChI is InChI=1S/C16H14N2S/c1-2-10-19-11-9-18-16-8-7-13(12-17)14-5-3-4-6-15(14)16/h1,3-8,18H,9-11H2. The molecule has 19 heavy (non-hydrogen) atoms. The number of nitrogens with one attached hydrogen (secondary N) is 1. The van der Waals surface area contributed by atoms with Gasteiger partial charge in [-0.3, -0.25) is 0 Å². The summed E-state index contributed by atoms with van der Waals surface area (Å²) in [4.78, 5) is 0. The smallest absolute Gasteiger partial charge is 0.0998 e. The van der Waals surface area contributed by atoms with E-state index in [1.807, 2.05) is 36.4 Å². The van der Waals surface area contributed by atoms with E-state index in [1.165, 1.54) is 0 Å². The Morgan fingerprint density at radius 1 is 1.16 bits per heavy atom. The molecule has 1 N–H and O–H groups in total. The van der Waals surface area contributed by atoms with Crippen molar-refractivity contribution >= 4 is 28.2 Å². The molecule has 2 rings (SSSR count). The van der Waals surface area contributed by atoms with E-state index in [1.54, 1.807) is 11.8 Å².